The molecule has 2 aliphatic heterocycles. The highest BCUT2D eigenvalue weighted by atomic mass is 32.2. The smallest absolute Gasteiger partial charge is 0.357 e. The van der Waals surface area contributed by atoms with Gasteiger partial charge in [-0.1, -0.05) is 19.0 Å². The summed E-state index contributed by atoms with van der Waals surface area (Å²) in [6.07, 6.45) is 1.53. The quantitative estimate of drug-likeness (QED) is 0.114. The Morgan fingerprint density at radius 1 is 1.25 bits per heavy atom. The van der Waals surface area contributed by atoms with Crippen LogP contribution in [0, 0.1) is 11.3 Å². The topological polar surface area (TPSA) is 192 Å². The maximum Gasteiger partial charge on any atom is 0.357 e. The molecule has 1 aromatic heterocycles. The third kappa shape index (κ3) is 6.98. The lowest BCUT2D eigenvalue weighted by molar-refractivity contribution is -0.173. The third-order valence-electron chi connectivity index (χ3n) is 5.73. The maximum absolute atomic E-state index is 13.1. The average molecular weight is 597 g/mol. The number of carbonyl (C=O) groups excluding carboxylic acids is 5. The number of thioether (sulfide) groups is 1. The number of rotatable bonds is 10. The minimum Gasteiger partial charge on any atom is -0.427 e. The third-order valence-corrected chi connectivity index (χ3v) is 7.67. The molecule has 0 aliphatic carbocycles. The van der Waals surface area contributed by atoms with Crippen molar-refractivity contribution in [2.75, 3.05) is 25.0 Å². The minimum atomic E-state index is -0.961. The Morgan fingerprint density at radius 2 is 1.95 bits per heavy atom. The molecule has 0 spiro atoms. The van der Waals surface area contributed by atoms with Crippen LogP contribution >= 0.6 is 23.1 Å². The summed E-state index contributed by atoms with van der Waals surface area (Å²) in [7, 11) is 1.25. The zero-order valence-corrected chi connectivity index (χ0v) is 24.5. The van der Waals surface area contributed by atoms with Gasteiger partial charge >= 0.3 is 11.9 Å². The van der Waals surface area contributed by atoms with Crippen LogP contribution in [0.3, 0.4) is 0 Å². The minimum absolute atomic E-state index is 0.00340. The number of ether oxygens (including phenoxy) is 2. The number of esters is 2. The van der Waals surface area contributed by atoms with Gasteiger partial charge in [0.1, 0.15) is 29.9 Å². The van der Waals surface area contributed by atoms with Crippen LogP contribution in [0.25, 0.3) is 0 Å². The molecule has 3 atom stereocenters. The molecule has 1 saturated heterocycles. The predicted molar refractivity (Wildman–Crippen MR) is 147 cm³/mol. The number of oxime groups is 1. The first kappa shape index (κ1) is 31.0. The molecule has 1 fully saturated rings. The van der Waals surface area contributed by atoms with Gasteiger partial charge in [-0.05, 0) is 32.8 Å². The number of β-lactam (4-membered cyclic amide) rings is 1. The second-order valence-corrected chi connectivity index (χ2v) is 12.1. The first-order valence-electron chi connectivity index (χ1n) is 12.2. The average Bonchev–Trinajstić information content (AvgIpc) is 3.35. The Balaban J connectivity index is 1.62. The number of hydrogen-bond acceptors (Lipinski definition) is 13. The van der Waals surface area contributed by atoms with Gasteiger partial charge in [-0.2, -0.15) is 0 Å². The largest absolute Gasteiger partial charge is 0.427 e. The first-order valence-corrected chi connectivity index (χ1v) is 14.1. The second kappa shape index (κ2) is 12.8. The van der Waals surface area contributed by atoms with Gasteiger partial charge < -0.3 is 30.7 Å². The van der Waals surface area contributed by atoms with Crippen LogP contribution in [-0.4, -0.2) is 82.4 Å². The van der Waals surface area contributed by atoms with E-state index in [-0.39, 0.29) is 28.2 Å². The number of anilines is 1. The van der Waals surface area contributed by atoms with Crippen molar-refractivity contribution < 1.29 is 38.3 Å². The van der Waals surface area contributed by atoms with Crippen LogP contribution in [0.5, 0.6) is 0 Å². The van der Waals surface area contributed by atoms with Crippen LogP contribution in [-0.2, 0) is 38.3 Å². The summed E-state index contributed by atoms with van der Waals surface area (Å²) in [4.78, 5) is 73.0. The van der Waals surface area contributed by atoms with Gasteiger partial charge in [0.15, 0.2) is 10.8 Å². The summed E-state index contributed by atoms with van der Waals surface area (Å²) in [6.45, 7) is 8.01. The molecule has 0 radical (unpaired) electrons. The zero-order chi connectivity index (χ0) is 29.8. The lowest BCUT2D eigenvalue weighted by atomic mass is 9.98. The molecule has 0 saturated carbocycles. The summed E-state index contributed by atoms with van der Waals surface area (Å²) in [5.41, 5.74) is 4.99. The Morgan fingerprint density at radius 3 is 2.58 bits per heavy atom. The van der Waals surface area contributed by atoms with E-state index in [1.807, 2.05) is 13.8 Å². The van der Waals surface area contributed by atoms with E-state index in [0.717, 1.165) is 11.3 Å². The molecular formula is C24H32N6O8S2. The van der Waals surface area contributed by atoms with E-state index >= 15 is 0 Å². The molecule has 3 rings (SSSR count). The van der Waals surface area contributed by atoms with E-state index in [4.69, 9.17) is 20.0 Å². The highest BCUT2D eigenvalue weighted by molar-refractivity contribution is 8.00. The molecule has 0 unspecified atom stereocenters. The molecule has 3 amide bonds. The predicted octanol–water partition coefficient (Wildman–Crippen LogP) is 0.789. The normalized spacial score (nSPS) is 19.6. The monoisotopic (exact) mass is 596 g/mol. The van der Waals surface area contributed by atoms with Crippen molar-refractivity contribution in [3.63, 3.8) is 0 Å². The molecule has 0 bridgehead atoms. The number of nitrogens with zero attached hydrogens (tertiary/aromatic N) is 3. The van der Waals surface area contributed by atoms with Crippen molar-refractivity contribution in [3.05, 3.63) is 22.8 Å². The number of fused-ring (bicyclic) bond motifs is 1. The number of hydrogen-bond donors (Lipinski definition) is 3. The molecule has 2 aliphatic rings. The molecule has 14 nitrogen and oxygen atoms in total. The van der Waals surface area contributed by atoms with Crippen molar-refractivity contribution in [2.45, 2.75) is 52.1 Å². The van der Waals surface area contributed by atoms with E-state index in [9.17, 15) is 24.0 Å². The fraction of sp³-hybridized carbons (Fsp3) is 0.542. The van der Waals surface area contributed by atoms with Crippen LogP contribution in [0.4, 0.5) is 5.13 Å². The lowest BCUT2D eigenvalue weighted by Crippen LogP contribution is -2.70. The van der Waals surface area contributed by atoms with Gasteiger partial charge in [-0.25, -0.2) is 9.78 Å². The molecule has 3 heterocycles. The van der Waals surface area contributed by atoms with E-state index in [1.165, 1.54) is 35.2 Å². The number of nitrogens with two attached hydrogens (primary N) is 1. The van der Waals surface area contributed by atoms with Crippen LogP contribution in [0.15, 0.2) is 22.3 Å². The number of nitrogens with one attached hydrogen (secondary N) is 2. The highest BCUT2D eigenvalue weighted by Gasteiger charge is 2.53. The number of aromatic nitrogens is 1. The van der Waals surface area contributed by atoms with Gasteiger partial charge in [-0.15, -0.1) is 23.1 Å². The Hall–Kier alpha value is -3.50. The summed E-state index contributed by atoms with van der Waals surface area (Å²) in [5.74, 6) is -2.79. The molecule has 1 aromatic rings. The first-order chi connectivity index (χ1) is 18.8. The highest BCUT2D eigenvalue weighted by Crippen LogP contribution is 2.38. The van der Waals surface area contributed by atoms with Crippen molar-refractivity contribution in [3.8, 4) is 0 Å². The van der Waals surface area contributed by atoms with Gasteiger partial charge in [0.25, 0.3) is 11.8 Å². The van der Waals surface area contributed by atoms with Crippen LogP contribution < -0.4 is 16.4 Å². The molecular weight excluding hydrogens is 564 g/mol. The fourth-order valence-electron chi connectivity index (χ4n) is 3.39. The van der Waals surface area contributed by atoms with Crippen LogP contribution in [0.2, 0.25) is 0 Å². The van der Waals surface area contributed by atoms with Crippen molar-refractivity contribution in [1.82, 2.24) is 15.2 Å². The number of thiazole rings is 1. The second-order valence-electron chi connectivity index (χ2n) is 10.1. The SMILES string of the molecule is CO/N=C(\C(=O)N[C@@H]1C(=O)N2C(C(=O)OCOC(=O)C(C)(C)C)=CCS[C@H]12)c1csc(NC(=O)[C@@H](N)C(C)C)n1. The Labute approximate surface area is 239 Å². The zero-order valence-electron chi connectivity index (χ0n) is 22.9. The number of amides is 3. The lowest BCUT2D eigenvalue weighted by Gasteiger charge is -2.48. The van der Waals surface area contributed by atoms with Crippen LogP contribution in [0.1, 0.15) is 40.3 Å². The maximum atomic E-state index is 13.1. The summed E-state index contributed by atoms with van der Waals surface area (Å²) in [5, 5.41) is 10.1. The molecule has 218 valence electrons. The Bertz CT molecular complexity index is 1240. The van der Waals surface area contributed by atoms with E-state index < -0.39 is 59.3 Å². The Kier molecular flexibility index (Phi) is 9.92. The van der Waals surface area contributed by atoms with Gasteiger partial charge in [0.05, 0.1) is 11.5 Å². The number of carbonyl (C=O) groups is 5. The summed E-state index contributed by atoms with van der Waals surface area (Å²) in [6, 6.07) is -1.70. The standard InChI is InChI=1S/C24H32N6O8S2/c1-11(2)14(25)17(31)28-23-26-12(9-40-23)15(29-36-6)18(32)27-16-19(33)30-13(7-8-39-20(16)30)21(34)37-10-38-22(35)24(3,4)5/h7,9,11,14,16,20H,8,10,25H2,1-6H3,(H,27,32)(H,26,28,31)/b29-15-/t14-,16+,20+/m0/s1. The molecule has 0 aromatic carbocycles. The van der Waals surface area contributed by atoms with Crippen molar-refractivity contribution in [1.29, 1.82) is 0 Å². The summed E-state index contributed by atoms with van der Waals surface area (Å²) < 4.78 is 9.98. The van der Waals surface area contributed by atoms with E-state index in [2.05, 4.69) is 20.8 Å². The fourth-order valence-corrected chi connectivity index (χ4v) is 5.29. The van der Waals surface area contributed by atoms with Crippen molar-refractivity contribution in [2.24, 2.45) is 22.2 Å². The molecule has 4 N–H and O–H groups in total. The van der Waals surface area contributed by atoms with Gasteiger partial charge in [0, 0.05) is 11.1 Å². The molecule has 40 heavy (non-hydrogen) atoms. The van der Waals surface area contributed by atoms with E-state index in [0.29, 0.717) is 5.75 Å². The van der Waals surface area contributed by atoms with E-state index in [1.54, 1.807) is 20.8 Å². The summed E-state index contributed by atoms with van der Waals surface area (Å²) >= 11 is 2.40. The molecule has 16 heteroatoms. The van der Waals surface area contributed by atoms with Gasteiger partial charge in [-0.3, -0.25) is 24.1 Å². The van der Waals surface area contributed by atoms with Gasteiger partial charge in [0.2, 0.25) is 12.7 Å². The van der Waals surface area contributed by atoms with Crippen molar-refractivity contribution >= 4 is 63.6 Å².